The smallest absolute Gasteiger partial charge is 0.273 e. The lowest BCUT2D eigenvalue weighted by Crippen LogP contribution is -2.39. The number of carbonyl (C=O) groups is 1. The molecule has 8 heteroatoms. The molecule has 118 valence electrons. The average molecular weight is 329 g/mol. The molecule has 0 aromatic carbocycles. The summed E-state index contributed by atoms with van der Waals surface area (Å²) in [6.07, 6.45) is 6.01. The number of likely N-dealkylation sites (tertiary alicyclic amines) is 1. The number of nitrogens with one attached hydrogen (secondary N) is 1. The minimum absolute atomic E-state index is 0.0833. The standard InChI is InChI=1S/C15H15N5O2S/c21-13-7-10(18-15-16-4-6-20(13)15)12-3-1-2-5-19(12)14(22)11-8-23-9-17-11/h4,6-9,12H,1-3,5H2,(H,16,18)/t12-/m0/s1. The second-order valence-electron chi connectivity index (χ2n) is 5.57. The maximum absolute atomic E-state index is 12.7. The van der Waals surface area contributed by atoms with Gasteiger partial charge in [0.05, 0.1) is 11.6 Å². The van der Waals surface area contributed by atoms with E-state index in [0.29, 0.717) is 18.0 Å². The summed E-state index contributed by atoms with van der Waals surface area (Å²) >= 11 is 1.40. The number of thiazole rings is 1. The summed E-state index contributed by atoms with van der Waals surface area (Å²) in [4.78, 5) is 38.2. The molecule has 1 aliphatic rings. The van der Waals surface area contributed by atoms with Crippen LogP contribution in [0.1, 0.15) is 41.5 Å². The SMILES string of the molecule is O=C(c1cscn1)N1CCCC[C@H]1c1cc(=O)n2ccnc2[nH]1. The molecule has 0 aliphatic carbocycles. The molecule has 1 atom stereocenters. The Hall–Kier alpha value is -2.48. The summed E-state index contributed by atoms with van der Waals surface area (Å²) in [5.74, 6) is 0.416. The maximum atomic E-state index is 12.7. The van der Waals surface area contributed by atoms with E-state index in [-0.39, 0.29) is 17.5 Å². The molecule has 1 saturated heterocycles. The van der Waals surface area contributed by atoms with Gasteiger partial charge in [-0.05, 0) is 19.3 Å². The van der Waals surface area contributed by atoms with Crippen molar-refractivity contribution in [3.05, 3.63) is 51.1 Å². The summed E-state index contributed by atoms with van der Waals surface area (Å²) in [6, 6.07) is 1.42. The molecule has 0 unspecified atom stereocenters. The maximum Gasteiger partial charge on any atom is 0.273 e. The van der Waals surface area contributed by atoms with E-state index in [1.807, 2.05) is 4.90 Å². The number of hydrogen-bond acceptors (Lipinski definition) is 5. The molecule has 4 heterocycles. The van der Waals surface area contributed by atoms with E-state index in [1.54, 1.807) is 29.4 Å². The van der Waals surface area contributed by atoms with Crippen LogP contribution >= 0.6 is 11.3 Å². The zero-order valence-corrected chi connectivity index (χ0v) is 13.1. The minimum atomic E-state index is -0.146. The molecule has 3 aromatic heterocycles. The van der Waals surface area contributed by atoms with E-state index >= 15 is 0 Å². The molecule has 0 radical (unpaired) electrons. The summed E-state index contributed by atoms with van der Waals surface area (Å²) in [7, 11) is 0. The van der Waals surface area contributed by atoms with Crippen molar-refractivity contribution in [1.29, 1.82) is 0 Å². The first-order chi connectivity index (χ1) is 11.2. The number of hydrogen-bond donors (Lipinski definition) is 1. The molecule has 1 aliphatic heterocycles. The van der Waals surface area contributed by atoms with Gasteiger partial charge in [0.15, 0.2) is 0 Å². The average Bonchev–Trinajstić information content (AvgIpc) is 3.25. The van der Waals surface area contributed by atoms with Crippen molar-refractivity contribution in [2.75, 3.05) is 6.54 Å². The predicted molar refractivity (Wildman–Crippen MR) is 85.6 cm³/mol. The molecular weight excluding hydrogens is 314 g/mol. The Kier molecular flexibility index (Phi) is 3.45. The molecule has 1 N–H and O–H groups in total. The monoisotopic (exact) mass is 329 g/mol. The molecule has 1 fully saturated rings. The number of rotatable bonds is 2. The molecule has 1 amide bonds. The van der Waals surface area contributed by atoms with Crippen LogP contribution in [-0.4, -0.2) is 36.7 Å². The molecule has 0 saturated carbocycles. The van der Waals surface area contributed by atoms with Crippen LogP contribution in [0.3, 0.4) is 0 Å². The number of carbonyl (C=O) groups excluding carboxylic acids is 1. The quantitative estimate of drug-likeness (QED) is 0.778. The number of H-pyrrole nitrogens is 1. The highest BCUT2D eigenvalue weighted by Crippen LogP contribution is 2.30. The van der Waals surface area contributed by atoms with Crippen LogP contribution in [0.2, 0.25) is 0 Å². The highest BCUT2D eigenvalue weighted by Gasteiger charge is 2.30. The Morgan fingerprint density at radius 2 is 2.26 bits per heavy atom. The zero-order valence-electron chi connectivity index (χ0n) is 12.3. The highest BCUT2D eigenvalue weighted by atomic mass is 32.1. The van der Waals surface area contributed by atoms with Gasteiger partial charge in [-0.3, -0.25) is 14.0 Å². The third-order valence-electron chi connectivity index (χ3n) is 4.19. The van der Waals surface area contributed by atoms with Gasteiger partial charge in [0.1, 0.15) is 5.69 Å². The lowest BCUT2D eigenvalue weighted by Gasteiger charge is -2.35. The number of piperidine rings is 1. The minimum Gasteiger partial charge on any atom is -0.329 e. The fourth-order valence-electron chi connectivity index (χ4n) is 3.08. The van der Waals surface area contributed by atoms with Crippen LogP contribution in [0.5, 0.6) is 0 Å². The van der Waals surface area contributed by atoms with Crippen molar-refractivity contribution >= 4 is 23.0 Å². The number of aromatic nitrogens is 4. The second kappa shape index (κ2) is 5.62. The first-order valence-electron chi connectivity index (χ1n) is 7.49. The second-order valence-corrected chi connectivity index (χ2v) is 6.29. The number of nitrogens with zero attached hydrogens (tertiary/aromatic N) is 4. The Morgan fingerprint density at radius 1 is 1.35 bits per heavy atom. The van der Waals surface area contributed by atoms with E-state index in [1.165, 1.54) is 15.7 Å². The Bertz CT molecular complexity index is 898. The summed E-state index contributed by atoms with van der Waals surface area (Å²) in [5, 5.41) is 1.76. The van der Waals surface area contributed by atoms with Crippen molar-refractivity contribution in [1.82, 2.24) is 24.3 Å². The molecule has 4 rings (SSSR count). The molecule has 23 heavy (non-hydrogen) atoms. The number of aromatic amines is 1. The predicted octanol–water partition coefficient (Wildman–Crippen LogP) is 1.85. The number of imidazole rings is 1. The highest BCUT2D eigenvalue weighted by molar-refractivity contribution is 7.07. The first kappa shape index (κ1) is 14.1. The van der Waals surface area contributed by atoms with Crippen molar-refractivity contribution in [2.45, 2.75) is 25.3 Å². The lowest BCUT2D eigenvalue weighted by atomic mass is 9.98. The van der Waals surface area contributed by atoms with E-state index in [2.05, 4.69) is 15.0 Å². The third-order valence-corrected chi connectivity index (χ3v) is 4.77. The van der Waals surface area contributed by atoms with Gasteiger partial charge in [-0.1, -0.05) is 0 Å². The summed E-state index contributed by atoms with van der Waals surface area (Å²) in [5.41, 5.74) is 2.71. The topological polar surface area (TPSA) is 83.4 Å². The molecular formula is C15H15N5O2S. The van der Waals surface area contributed by atoms with Crippen LogP contribution in [-0.2, 0) is 0 Å². The molecule has 3 aromatic rings. The molecule has 0 spiro atoms. The molecule has 0 bridgehead atoms. The third kappa shape index (κ3) is 2.44. The zero-order chi connectivity index (χ0) is 15.8. The lowest BCUT2D eigenvalue weighted by molar-refractivity contribution is 0.0600. The van der Waals surface area contributed by atoms with E-state index < -0.39 is 0 Å². The van der Waals surface area contributed by atoms with Crippen LogP contribution < -0.4 is 5.56 Å². The fraction of sp³-hybridized carbons (Fsp3) is 0.333. The first-order valence-corrected chi connectivity index (χ1v) is 8.44. The number of amides is 1. The van der Waals surface area contributed by atoms with Crippen molar-refractivity contribution in [2.24, 2.45) is 0 Å². The summed E-state index contributed by atoms with van der Waals surface area (Å²) < 4.78 is 1.46. The van der Waals surface area contributed by atoms with Crippen molar-refractivity contribution in [3.63, 3.8) is 0 Å². The Balaban J connectivity index is 1.74. The van der Waals surface area contributed by atoms with Crippen molar-refractivity contribution < 1.29 is 4.79 Å². The number of fused-ring (bicyclic) bond motifs is 1. The normalized spacial score (nSPS) is 18.4. The van der Waals surface area contributed by atoms with Gasteiger partial charge in [-0.15, -0.1) is 11.3 Å². The van der Waals surface area contributed by atoms with Gasteiger partial charge < -0.3 is 9.88 Å². The van der Waals surface area contributed by atoms with Crippen LogP contribution in [0.4, 0.5) is 0 Å². The molecule has 7 nitrogen and oxygen atoms in total. The van der Waals surface area contributed by atoms with Crippen LogP contribution in [0, 0.1) is 0 Å². The van der Waals surface area contributed by atoms with Gasteiger partial charge in [-0.2, -0.15) is 0 Å². The van der Waals surface area contributed by atoms with E-state index in [0.717, 1.165) is 25.0 Å². The van der Waals surface area contributed by atoms with Gasteiger partial charge >= 0.3 is 0 Å². The van der Waals surface area contributed by atoms with E-state index in [9.17, 15) is 9.59 Å². The summed E-state index contributed by atoms with van der Waals surface area (Å²) in [6.45, 7) is 0.669. The van der Waals surface area contributed by atoms with Crippen LogP contribution in [0.15, 0.2) is 34.1 Å². The Morgan fingerprint density at radius 3 is 3.09 bits per heavy atom. The largest absolute Gasteiger partial charge is 0.329 e. The van der Waals surface area contributed by atoms with Crippen LogP contribution in [0.25, 0.3) is 5.78 Å². The van der Waals surface area contributed by atoms with Gasteiger partial charge in [0.25, 0.3) is 11.5 Å². The fourth-order valence-corrected chi connectivity index (χ4v) is 3.61. The van der Waals surface area contributed by atoms with Gasteiger partial charge in [0, 0.05) is 36.1 Å². The van der Waals surface area contributed by atoms with E-state index in [4.69, 9.17) is 0 Å². The Labute approximate surface area is 135 Å². The van der Waals surface area contributed by atoms with Gasteiger partial charge in [0.2, 0.25) is 5.78 Å². The van der Waals surface area contributed by atoms with Crippen molar-refractivity contribution in [3.8, 4) is 0 Å². The van der Waals surface area contributed by atoms with Gasteiger partial charge in [-0.25, -0.2) is 9.97 Å².